The van der Waals surface area contributed by atoms with Crippen molar-refractivity contribution >= 4 is 38.7 Å². The predicted octanol–water partition coefficient (Wildman–Crippen LogP) is 1.97. The van der Waals surface area contributed by atoms with E-state index in [1.807, 2.05) is 0 Å². The first-order chi connectivity index (χ1) is 13.1. The van der Waals surface area contributed by atoms with E-state index >= 15 is 0 Å². The zero-order chi connectivity index (χ0) is 20.9. The van der Waals surface area contributed by atoms with Crippen LogP contribution >= 0.6 is 0 Å². The fourth-order valence-corrected chi connectivity index (χ4v) is 2.81. The molecule has 0 saturated carbocycles. The molecule has 0 radical (unpaired) electrons. The van der Waals surface area contributed by atoms with Crippen molar-refractivity contribution in [2.45, 2.75) is 11.8 Å². The lowest BCUT2D eigenvalue weighted by atomic mass is 10.2. The highest BCUT2D eigenvalue weighted by Gasteiger charge is 2.20. The number of nitrogens with one attached hydrogen (secondary N) is 2. The van der Waals surface area contributed by atoms with Crippen LogP contribution in [0.3, 0.4) is 0 Å². The third kappa shape index (κ3) is 5.77. The molecule has 0 heterocycles. The van der Waals surface area contributed by atoms with Gasteiger partial charge in [0.1, 0.15) is 0 Å². The van der Waals surface area contributed by atoms with Crippen LogP contribution < -0.4 is 15.4 Å². The Labute approximate surface area is 160 Å². The minimum absolute atomic E-state index is 0.227. The molecule has 0 spiro atoms. The first kappa shape index (κ1) is 20.8. The van der Waals surface area contributed by atoms with Crippen LogP contribution in [0, 0.1) is 10.1 Å². The SMILES string of the molecule is CC(=O)Nc1ccc(NC(=O)COc2ccc(S(C)(=O)=O)cc2[N+](=O)[O-])cc1. The van der Waals surface area contributed by atoms with Gasteiger partial charge in [-0.1, -0.05) is 0 Å². The smallest absolute Gasteiger partial charge is 0.312 e. The number of nitro groups is 1. The quantitative estimate of drug-likeness (QED) is 0.527. The van der Waals surface area contributed by atoms with E-state index in [-0.39, 0.29) is 16.6 Å². The van der Waals surface area contributed by atoms with E-state index in [1.54, 1.807) is 24.3 Å². The second-order valence-electron chi connectivity index (χ2n) is 5.75. The average molecular weight is 407 g/mol. The number of amides is 2. The summed E-state index contributed by atoms with van der Waals surface area (Å²) in [5.74, 6) is -1.03. The number of carbonyl (C=O) groups excluding carboxylic acids is 2. The molecule has 0 aliphatic rings. The van der Waals surface area contributed by atoms with Crippen LogP contribution in [0.2, 0.25) is 0 Å². The maximum atomic E-state index is 12.0. The fraction of sp³-hybridized carbons (Fsp3) is 0.176. The topological polar surface area (TPSA) is 145 Å². The molecule has 2 aromatic carbocycles. The first-order valence-electron chi connectivity index (χ1n) is 7.85. The zero-order valence-corrected chi connectivity index (χ0v) is 15.8. The van der Waals surface area contributed by atoms with Crippen molar-refractivity contribution in [3.05, 3.63) is 52.6 Å². The zero-order valence-electron chi connectivity index (χ0n) is 15.0. The van der Waals surface area contributed by atoms with Crippen molar-refractivity contribution in [3.63, 3.8) is 0 Å². The minimum Gasteiger partial charge on any atom is -0.477 e. The van der Waals surface area contributed by atoms with E-state index in [1.165, 1.54) is 6.92 Å². The number of sulfone groups is 1. The molecule has 0 bridgehead atoms. The second kappa shape index (κ2) is 8.48. The molecule has 0 fully saturated rings. The molecule has 0 aliphatic heterocycles. The summed E-state index contributed by atoms with van der Waals surface area (Å²) in [7, 11) is -3.62. The van der Waals surface area contributed by atoms with Crippen molar-refractivity contribution in [2.75, 3.05) is 23.5 Å². The Kier molecular flexibility index (Phi) is 6.31. The van der Waals surface area contributed by atoms with Gasteiger partial charge in [0.2, 0.25) is 5.91 Å². The summed E-state index contributed by atoms with van der Waals surface area (Å²) in [5, 5.41) is 16.3. The van der Waals surface area contributed by atoms with Gasteiger partial charge in [-0.2, -0.15) is 0 Å². The summed E-state index contributed by atoms with van der Waals surface area (Å²) >= 11 is 0. The van der Waals surface area contributed by atoms with E-state index in [2.05, 4.69) is 10.6 Å². The highest BCUT2D eigenvalue weighted by atomic mass is 32.2. The predicted molar refractivity (Wildman–Crippen MR) is 101 cm³/mol. The van der Waals surface area contributed by atoms with Crippen molar-refractivity contribution in [2.24, 2.45) is 0 Å². The van der Waals surface area contributed by atoms with E-state index in [9.17, 15) is 28.1 Å². The molecule has 2 N–H and O–H groups in total. The van der Waals surface area contributed by atoms with Gasteiger partial charge < -0.3 is 15.4 Å². The molecule has 0 aliphatic carbocycles. The number of nitro benzene ring substituents is 1. The lowest BCUT2D eigenvalue weighted by molar-refractivity contribution is -0.386. The van der Waals surface area contributed by atoms with Gasteiger partial charge in [-0.15, -0.1) is 0 Å². The number of benzene rings is 2. The van der Waals surface area contributed by atoms with Gasteiger partial charge in [0.25, 0.3) is 5.91 Å². The lowest BCUT2D eigenvalue weighted by Gasteiger charge is -2.09. The normalized spacial score (nSPS) is 10.8. The highest BCUT2D eigenvalue weighted by molar-refractivity contribution is 7.90. The van der Waals surface area contributed by atoms with Gasteiger partial charge in [-0.05, 0) is 36.4 Å². The Bertz CT molecular complexity index is 1020. The van der Waals surface area contributed by atoms with Crippen molar-refractivity contribution in [3.8, 4) is 5.75 Å². The summed E-state index contributed by atoms with van der Waals surface area (Å²) in [6, 6.07) is 9.47. The van der Waals surface area contributed by atoms with E-state index in [4.69, 9.17) is 4.74 Å². The number of hydrogen-bond donors (Lipinski definition) is 2. The van der Waals surface area contributed by atoms with Gasteiger partial charge >= 0.3 is 5.69 Å². The molecule has 28 heavy (non-hydrogen) atoms. The van der Waals surface area contributed by atoms with E-state index in [0.29, 0.717) is 11.4 Å². The Balaban J connectivity index is 2.04. The fourth-order valence-electron chi connectivity index (χ4n) is 2.17. The van der Waals surface area contributed by atoms with Crippen molar-refractivity contribution in [1.82, 2.24) is 0 Å². The van der Waals surface area contributed by atoms with E-state index < -0.39 is 33.0 Å². The number of anilines is 2. The molecular formula is C17H17N3O7S. The Morgan fingerprint density at radius 1 is 1.07 bits per heavy atom. The molecule has 2 amide bonds. The molecule has 0 saturated heterocycles. The summed E-state index contributed by atoms with van der Waals surface area (Å²) in [6.07, 6.45) is 0.928. The molecule has 10 nitrogen and oxygen atoms in total. The number of ether oxygens (including phenoxy) is 1. The maximum absolute atomic E-state index is 12.0. The van der Waals surface area contributed by atoms with Crippen LogP contribution in [0.15, 0.2) is 47.4 Å². The van der Waals surface area contributed by atoms with Crippen molar-refractivity contribution < 1.29 is 27.7 Å². The minimum atomic E-state index is -3.62. The maximum Gasteiger partial charge on any atom is 0.312 e. The third-order valence-electron chi connectivity index (χ3n) is 3.40. The highest BCUT2D eigenvalue weighted by Crippen LogP contribution is 2.29. The van der Waals surface area contributed by atoms with Crippen LogP contribution in [-0.4, -0.2) is 38.0 Å². The van der Waals surface area contributed by atoms with Crippen LogP contribution in [0.4, 0.5) is 17.1 Å². The largest absolute Gasteiger partial charge is 0.477 e. The molecule has 0 aromatic heterocycles. The van der Waals surface area contributed by atoms with Gasteiger partial charge in [-0.3, -0.25) is 19.7 Å². The van der Waals surface area contributed by atoms with Gasteiger partial charge in [0.15, 0.2) is 22.2 Å². The lowest BCUT2D eigenvalue weighted by Crippen LogP contribution is -2.20. The number of nitrogens with zero attached hydrogens (tertiary/aromatic N) is 1. The standard InChI is InChI=1S/C17H17N3O7S/c1-11(21)18-12-3-5-13(6-4-12)19-17(22)10-27-16-8-7-14(28(2,25)26)9-15(16)20(23)24/h3-9H,10H2,1-2H3,(H,18,21)(H,19,22). The van der Waals surface area contributed by atoms with Gasteiger partial charge in [-0.25, -0.2) is 8.42 Å². The van der Waals surface area contributed by atoms with E-state index in [0.717, 1.165) is 24.5 Å². The molecule has 148 valence electrons. The van der Waals surface area contributed by atoms with Crippen LogP contribution in [0.25, 0.3) is 0 Å². The number of hydrogen-bond acceptors (Lipinski definition) is 7. The Morgan fingerprint density at radius 2 is 1.64 bits per heavy atom. The van der Waals surface area contributed by atoms with Crippen LogP contribution in [0.5, 0.6) is 5.75 Å². The molecule has 11 heteroatoms. The number of carbonyl (C=O) groups is 2. The molecule has 2 rings (SSSR count). The summed E-state index contributed by atoms with van der Waals surface area (Å²) in [5.41, 5.74) is 0.434. The summed E-state index contributed by atoms with van der Waals surface area (Å²) in [4.78, 5) is 33.1. The Morgan fingerprint density at radius 3 is 2.14 bits per heavy atom. The van der Waals surface area contributed by atoms with Crippen molar-refractivity contribution in [1.29, 1.82) is 0 Å². The summed E-state index contributed by atoms with van der Waals surface area (Å²) in [6.45, 7) is 0.848. The van der Waals surface area contributed by atoms with Crippen LogP contribution in [0.1, 0.15) is 6.92 Å². The molecule has 0 unspecified atom stereocenters. The summed E-state index contributed by atoms with van der Waals surface area (Å²) < 4.78 is 28.2. The monoisotopic (exact) mass is 407 g/mol. The molecular weight excluding hydrogens is 390 g/mol. The first-order valence-corrected chi connectivity index (χ1v) is 9.74. The third-order valence-corrected chi connectivity index (χ3v) is 4.51. The Hall–Kier alpha value is -3.47. The second-order valence-corrected chi connectivity index (χ2v) is 7.77. The number of rotatable bonds is 7. The average Bonchev–Trinajstić information content (AvgIpc) is 2.60. The van der Waals surface area contributed by atoms with Crippen LogP contribution in [-0.2, 0) is 19.4 Å². The molecule has 2 aromatic rings. The molecule has 0 atom stereocenters. The van der Waals surface area contributed by atoms with Gasteiger partial charge in [0, 0.05) is 30.6 Å². The van der Waals surface area contributed by atoms with Gasteiger partial charge in [0.05, 0.1) is 9.82 Å².